The van der Waals surface area contributed by atoms with Gasteiger partial charge in [-0.25, -0.2) is 0 Å². The molecule has 2 N–H and O–H groups in total. The number of hydrogen-bond acceptors (Lipinski definition) is 6. The molecule has 8 heteroatoms. The monoisotopic (exact) mass is 256 g/mol. The highest BCUT2D eigenvalue weighted by atomic mass is 32.1. The number of thiazole rings is 1. The molecule has 0 amide bonds. The number of hydrogen-bond donors (Lipinski definition) is 2. The number of aromatic nitrogens is 2. The Morgan fingerprint density at radius 2 is 2.53 bits per heavy atom. The minimum absolute atomic E-state index is 0.0631. The molecule has 0 aliphatic heterocycles. The van der Waals surface area contributed by atoms with E-state index in [1.165, 1.54) is 15.7 Å². The van der Waals surface area contributed by atoms with Crippen LogP contribution in [0.3, 0.4) is 0 Å². The molecule has 0 aliphatic carbocycles. The van der Waals surface area contributed by atoms with Gasteiger partial charge in [0.05, 0.1) is 6.10 Å². The van der Waals surface area contributed by atoms with Gasteiger partial charge in [0.15, 0.2) is 0 Å². The second-order valence-corrected chi connectivity index (χ2v) is 4.53. The van der Waals surface area contributed by atoms with Gasteiger partial charge in [-0.2, -0.15) is 9.38 Å². The summed E-state index contributed by atoms with van der Waals surface area (Å²) in [4.78, 5) is 15.2. The van der Waals surface area contributed by atoms with E-state index in [4.69, 9.17) is 5.11 Å². The van der Waals surface area contributed by atoms with Crippen LogP contribution in [0, 0.1) is 10.1 Å². The van der Waals surface area contributed by atoms with Gasteiger partial charge in [-0.05, 0) is 18.3 Å². The molecular weight excluding hydrogens is 244 g/mol. The first-order valence-corrected chi connectivity index (χ1v) is 5.99. The topological polar surface area (TPSA) is 92.7 Å². The Labute approximate surface area is 101 Å². The lowest BCUT2D eigenvalue weighted by atomic mass is 10.3. The summed E-state index contributed by atoms with van der Waals surface area (Å²) in [6.45, 7) is 2.12. The zero-order valence-corrected chi connectivity index (χ0v) is 9.98. The smallest absolute Gasteiger partial charge is 0.372 e. The highest BCUT2D eigenvalue weighted by Crippen LogP contribution is 2.27. The molecule has 0 saturated heterocycles. The summed E-state index contributed by atoms with van der Waals surface area (Å²) in [5, 5.41) is 24.7. The van der Waals surface area contributed by atoms with Crippen LogP contribution in [0.2, 0.25) is 0 Å². The van der Waals surface area contributed by atoms with Gasteiger partial charge in [0.25, 0.3) is 4.96 Å². The number of aliphatic hydroxyl groups excluding tert-OH is 1. The van der Waals surface area contributed by atoms with E-state index < -0.39 is 11.0 Å². The van der Waals surface area contributed by atoms with Gasteiger partial charge in [-0.1, -0.05) is 11.3 Å². The molecule has 7 nitrogen and oxygen atoms in total. The molecule has 0 aromatic carbocycles. The summed E-state index contributed by atoms with van der Waals surface area (Å²) < 4.78 is 1.44. The minimum atomic E-state index is -0.461. The largest absolute Gasteiger partial charge is 0.393 e. The summed E-state index contributed by atoms with van der Waals surface area (Å²) in [6.07, 6.45) is 1.69. The van der Waals surface area contributed by atoms with Crippen molar-refractivity contribution in [3.05, 3.63) is 21.7 Å². The number of anilines is 1. The van der Waals surface area contributed by atoms with E-state index in [1.54, 1.807) is 18.5 Å². The van der Waals surface area contributed by atoms with E-state index in [1.807, 2.05) is 0 Å². The SMILES string of the molecule is CC(O)CCNc1nc2sccn2c1[N+](=O)[O-]. The fourth-order valence-electron chi connectivity index (χ4n) is 1.47. The standard InChI is InChI=1S/C9H12N4O3S/c1-6(14)2-3-10-7-8(13(15)16)12-4-5-17-9(12)11-7/h4-6,10,14H,2-3H2,1H3. The Balaban J connectivity index is 2.23. The molecule has 2 aromatic heterocycles. The van der Waals surface area contributed by atoms with Crippen molar-refractivity contribution in [3.8, 4) is 0 Å². The van der Waals surface area contributed by atoms with E-state index in [0.29, 0.717) is 17.9 Å². The maximum atomic E-state index is 11.0. The van der Waals surface area contributed by atoms with Gasteiger partial charge in [-0.3, -0.25) is 0 Å². The highest BCUT2D eigenvalue weighted by molar-refractivity contribution is 7.15. The molecule has 1 unspecified atom stereocenters. The van der Waals surface area contributed by atoms with Crippen LogP contribution in [-0.2, 0) is 0 Å². The van der Waals surface area contributed by atoms with Crippen LogP contribution < -0.4 is 5.32 Å². The van der Waals surface area contributed by atoms with Crippen LogP contribution in [0.4, 0.5) is 11.6 Å². The highest BCUT2D eigenvalue weighted by Gasteiger charge is 2.23. The van der Waals surface area contributed by atoms with Crippen LogP contribution in [0.15, 0.2) is 11.6 Å². The Morgan fingerprint density at radius 1 is 1.76 bits per heavy atom. The quantitative estimate of drug-likeness (QED) is 0.624. The van der Waals surface area contributed by atoms with E-state index in [0.717, 1.165) is 0 Å². The zero-order chi connectivity index (χ0) is 12.4. The third kappa shape index (κ3) is 2.37. The molecule has 0 bridgehead atoms. The van der Waals surface area contributed by atoms with Crippen LogP contribution in [0.5, 0.6) is 0 Å². The lowest BCUT2D eigenvalue weighted by molar-refractivity contribution is -0.389. The van der Waals surface area contributed by atoms with E-state index >= 15 is 0 Å². The van der Waals surface area contributed by atoms with Crippen LogP contribution in [-0.4, -0.2) is 32.1 Å². The Hall–Kier alpha value is -1.67. The molecule has 2 aromatic rings. The summed E-state index contributed by atoms with van der Waals surface area (Å²) in [5.41, 5.74) is 0. The normalized spacial score (nSPS) is 12.8. The Bertz CT molecular complexity index is 533. The maximum Gasteiger partial charge on any atom is 0.372 e. The molecule has 0 radical (unpaired) electrons. The number of imidazole rings is 1. The number of nitrogens with zero attached hydrogens (tertiary/aromatic N) is 3. The average Bonchev–Trinajstić information content (AvgIpc) is 2.75. The van der Waals surface area contributed by atoms with Crippen molar-refractivity contribution < 1.29 is 10.0 Å². The molecule has 92 valence electrons. The number of rotatable bonds is 5. The fraction of sp³-hybridized carbons (Fsp3) is 0.444. The third-order valence-corrected chi connectivity index (χ3v) is 3.02. The third-order valence-electron chi connectivity index (χ3n) is 2.26. The molecule has 0 spiro atoms. The van der Waals surface area contributed by atoms with Crippen molar-refractivity contribution in [1.82, 2.24) is 9.38 Å². The predicted octanol–water partition coefficient (Wildman–Crippen LogP) is 1.49. The molecule has 2 rings (SSSR count). The molecule has 0 saturated carbocycles. The predicted molar refractivity (Wildman–Crippen MR) is 64.5 cm³/mol. The molecule has 17 heavy (non-hydrogen) atoms. The second-order valence-electron chi connectivity index (χ2n) is 3.66. The lowest BCUT2D eigenvalue weighted by Crippen LogP contribution is -2.11. The first-order chi connectivity index (χ1) is 8.09. The minimum Gasteiger partial charge on any atom is -0.393 e. The first kappa shape index (κ1) is 11.8. The van der Waals surface area contributed by atoms with Crippen LogP contribution in [0.1, 0.15) is 13.3 Å². The van der Waals surface area contributed by atoms with Crippen molar-refractivity contribution in [2.45, 2.75) is 19.4 Å². The van der Waals surface area contributed by atoms with Crippen LogP contribution >= 0.6 is 11.3 Å². The van der Waals surface area contributed by atoms with E-state index in [-0.39, 0.29) is 11.6 Å². The summed E-state index contributed by atoms with van der Waals surface area (Å²) in [7, 11) is 0. The van der Waals surface area contributed by atoms with Gasteiger partial charge >= 0.3 is 5.82 Å². The van der Waals surface area contributed by atoms with Gasteiger partial charge in [0, 0.05) is 11.9 Å². The Morgan fingerprint density at radius 3 is 3.18 bits per heavy atom. The molecular formula is C9H12N4O3S. The molecule has 0 aliphatic rings. The summed E-state index contributed by atoms with van der Waals surface area (Å²) in [6, 6.07) is 0. The number of fused-ring (bicyclic) bond motifs is 1. The van der Waals surface area contributed by atoms with Gasteiger partial charge in [0.2, 0.25) is 5.82 Å². The molecule has 2 heterocycles. The van der Waals surface area contributed by atoms with Crippen molar-refractivity contribution in [2.24, 2.45) is 0 Å². The van der Waals surface area contributed by atoms with Crippen molar-refractivity contribution in [2.75, 3.05) is 11.9 Å². The van der Waals surface area contributed by atoms with Gasteiger partial charge < -0.3 is 20.5 Å². The summed E-state index contributed by atoms with van der Waals surface area (Å²) in [5.74, 6) is 0.189. The van der Waals surface area contributed by atoms with Crippen molar-refractivity contribution >= 4 is 27.9 Å². The first-order valence-electron chi connectivity index (χ1n) is 5.11. The number of aliphatic hydroxyl groups is 1. The van der Waals surface area contributed by atoms with E-state index in [9.17, 15) is 10.1 Å². The Kier molecular flexibility index (Phi) is 3.25. The second kappa shape index (κ2) is 4.68. The van der Waals surface area contributed by atoms with Crippen LogP contribution in [0.25, 0.3) is 4.96 Å². The number of nitrogens with one attached hydrogen (secondary N) is 1. The van der Waals surface area contributed by atoms with Crippen molar-refractivity contribution in [3.63, 3.8) is 0 Å². The van der Waals surface area contributed by atoms with E-state index in [2.05, 4.69) is 10.3 Å². The maximum absolute atomic E-state index is 11.0. The fourth-order valence-corrected chi connectivity index (χ4v) is 2.18. The summed E-state index contributed by atoms with van der Waals surface area (Å²) >= 11 is 1.34. The molecule has 0 fully saturated rings. The van der Waals surface area contributed by atoms with Gasteiger partial charge in [-0.15, -0.1) is 0 Å². The lowest BCUT2D eigenvalue weighted by Gasteiger charge is -2.04. The van der Waals surface area contributed by atoms with Crippen molar-refractivity contribution in [1.29, 1.82) is 0 Å². The average molecular weight is 256 g/mol. The van der Waals surface area contributed by atoms with Gasteiger partial charge in [0.1, 0.15) is 6.20 Å². The number of nitro groups is 1. The zero-order valence-electron chi connectivity index (χ0n) is 9.16. The molecule has 1 atom stereocenters.